The Kier molecular flexibility index (Phi) is 4.26. The average Bonchev–Trinajstić information content (AvgIpc) is 2.42. The Hall–Kier alpha value is -1.76. The number of hydrogen-bond donors (Lipinski definition) is 1. The van der Waals surface area contributed by atoms with Crippen LogP contribution in [0.1, 0.15) is 42.1 Å². The summed E-state index contributed by atoms with van der Waals surface area (Å²) in [6.45, 7) is 8.72. The Morgan fingerprint density at radius 2 is 1.79 bits per heavy atom. The van der Waals surface area contributed by atoms with Crippen molar-refractivity contribution in [2.75, 3.05) is 5.32 Å². The standard InChI is InChI=1S/C18H23N/c1-5-16-7-6-8-18(12-16)19-15(4)17-10-9-13(2)14(3)11-17/h6-12,15,19H,5H2,1-4H3. The van der Waals surface area contributed by atoms with E-state index in [1.807, 2.05) is 0 Å². The molecule has 0 amide bonds. The molecule has 0 aromatic heterocycles. The zero-order valence-electron chi connectivity index (χ0n) is 12.3. The van der Waals surface area contributed by atoms with Crippen molar-refractivity contribution in [3.63, 3.8) is 0 Å². The number of benzene rings is 2. The third kappa shape index (κ3) is 3.37. The SMILES string of the molecule is CCc1cccc(NC(C)c2ccc(C)c(C)c2)c1. The largest absolute Gasteiger partial charge is 0.379 e. The summed E-state index contributed by atoms with van der Waals surface area (Å²) in [5.74, 6) is 0. The van der Waals surface area contributed by atoms with Gasteiger partial charge in [0.15, 0.2) is 0 Å². The summed E-state index contributed by atoms with van der Waals surface area (Å²) in [5, 5.41) is 3.58. The molecule has 19 heavy (non-hydrogen) atoms. The molecule has 2 aromatic carbocycles. The van der Waals surface area contributed by atoms with Gasteiger partial charge in [-0.3, -0.25) is 0 Å². The summed E-state index contributed by atoms with van der Waals surface area (Å²) in [6.07, 6.45) is 1.08. The molecule has 1 N–H and O–H groups in total. The van der Waals surface area contributed by atoms with Crippen LogP contribution >= 0.6 is 0 Å². The molecule has 0 aliphatic carbocycles. The van der Waals surface area contributed by atoms with Crippen molar-refractivity contribution in [2.24, 2.45) is 0 Å². The van der Waals surface area contributed by atoms with Crippen LogP contribution in [0.25, 0.3) is 0 Å². The van der Waals surface area contributed by atoms with Crippen molar-refractivity contribution in [1.82, 2.24) is 0 Å². The summed E-state index contributed by atoms with van der Waals surface area (Å²) in [4.78, 5) is 0. The van der Waals surface area contributed by atoms with Gasteiger partial charge in [-0.05, 0) is 61.6 Å². The number of anilines is 1. The van der Waals surface area contributed by atoms with E-state index in [9.17, 15) is 0 Å². The number of aryl methyl sites for hydroxylation is 3. The van der Waals surface area contributed by atoms with Crippen LogP contribution in [0.4, 0.5) is 5.69 Å². The van der Waals surface area contributed by atoms with Gasteiger partial charge in [0.1, 0.15) is 0 Å². The summed E-state index contributed by atoms with van der Waals surface area (Å²) in [6, 6.07) is 15.7. The highest BCUT2D eigenvalue weighted by atomic mass is 14.9. The van der Waals surface area contributed by atoms with E-state index in [0.29, 0.717) is 6.04 Å². The Bertz CT molecular complexity index is 557. The minimum atomic E-state index is 0.325. The van der Waals surface area contributed by atoms with Gasteiger partial charge in [0.2, 0.25) is 0 Å². The molecule has 100 valence electrons. The van der Waals surface area contributed by atoms with Gasteiger partial charge in [-0.2, -0.15) is 0 Å². The average molecular weight is 253 g/mol. The molecule has 0 spiro atoms. The lowest BCUT2D eigenvalue weighted by molar-refractivity contribution is 0.881. The van der Waals surface area contributed by atoms with Crippen LogP contribution in [0.3, 0.4) is 0 Å². The van der Waals surface area contributed by atoms with Crippen molar-refractivity contribution < 1.29 is 0 Å². The Morgan fingerprint density at radius 3 is 2.47 bits per heavy atom. The molecular formula is C18H23N. The number of hydrogen-bond acceptors (Lipinski definition) is 1. The zero-order valence-corrected chi connectivity index (χ0v) is 12.3. The van der Waals surface area contributed by atoms with Crippen LogP contribution in [0.5, 0.6) is 0 Å². The van der Waals surface area contributed by atoms with E-state index in [1.54, 1.807) is 0 Å². The zero-order chi connectivity index (χ0) is 13.8. The normalized spacial score (nSPS) is 12.2. The maximum Gasteiger partial charge on any atom is 0.0485 e. The first-order chi connectivity index (χ1) is 9.10. The fourth-order valence-electron chi connectivity index (χ4n) is 2.25. The summed E-state index contributed by atoms with van der Waals surface area (Å²) in [5.41, 5.74) is 6.62. The summed E-state index contributed by atoms with van der Waals surface area (Å²) >= 11 is 0. The fraction of sp³-hybridized carbons (Fsp3) is 0.333. The van der Waals surface area contributed by atoms with Crippen LogP contribution in [0, 0.1) is 13.8 Å². The van der Waals surface area contributed by atoms with Crippen molar-refractivity contribution in [2.45, 2.75) is 40.2 Å². The monoisotopic (exact) mass is 253 g/mol. The van der Waals surface area contributed by atoms with E-state index >= 15 is 0 Å². The number of nitrogens with one attached hydrogen (secondary N) is 1. The molecule has 0 saturated heterocycles. The lowest BCUT2D eigenvalue weighted by Gasteiger charge is -2.17. The molecule has 2 aromatic rings. The Morgan fingerprint density at radius 1 is 1.00 bits per heavy atom. The van der Waals surface area contributed by atoms with Crippen LogP contribution in [-0.4, -0.2) is 0 Å². The molecule has 0 heterocycles. The minimum Gasteiger partial charge on any atom is -0.379 e. The minimum absolute atomic E-state index is 0.325. The van der Waals surface area contributed by atoms with E-state index in [1.165, 1.54) is 27.9 Å². The van der Waals surface area contributed by atoms with Gasteiger partial charge < -0.3 is 5.32 Å². The molecule has 1 atom stereocenters. The first-order valence-electron chi connectivity index (χ1n) is 7.02. The molecule has 1 nitrogen and oxygen atoms in total. The van der Waals surface area contributed by atoms with Gasteiger partial charge in [-0.25, -0.2) is 0 Å². The molecule has 0 aliphatic heterocycles. The molecule has 2 rings (SSSR count). The predicted molar refractivity (Wildman–Crippen MR) is 83.8 cm³/mol. The maximum absolute atomic E-state index is 3.58. The first-order valence-corrected chi connectivity index (χ1v) is 7.02. The third-order valence-corrected chi connectivity index (χ3v) is 3.75. The van der Waals surface area contributed by atoms with Gasteiger partial charge in [-0.15, -0.1) is 0 Å². The topological polar surface area (TPSA) is 12.0 Å². The summed E-state index contributed by atoms with van der Waals surface area (Å²) < 4.78 is 0. The molecule has 0 aliphatic rings. The molecule has 1 heteroatoms. The second-order valence-electron chi connectivity index (χ2n) is 5.26. The Balaban J connectivity index is 2.15. The van der Waals surface area contributed by atoms with Gasteiger partial charge >= 0.3 is 0 Å². The molecular weight excluding hydrogens is 230 g/mol. The van der Waals surface area contributed by atoms with Gasteiger partial charge in [0.25, 0.3) is 0 Å². The quantitative estimate of drug-likeness (QED) is 0.805. The third-order valence-electron chi connectivity index (χ3n) is 3.75. The van der Waals surface area contributed by atoms with Gasteiger partial charge in [0, 0.05) is 11.7 Å². The smallest absolute Gasteiger partial charge is 0.0485 e. The first kappa shape index (κ1) is 13.7. The van der Waals surface area contributed by atoms with E-state index in [0.717, 1.165) is 6.42 Å². The summed E-state index contributed by atoms with van der Waals surface area (Å²) in [7, 11) is 0. The highest BCUT2D eigenvalue weighted by Gasteiger charge is 2.06. The molecule has 0 saturated carbocycles. The van der Waals surface area contributed by atoms with Crippen molar-refractivity contribution in [3.8, 4) is 0 Å². The lowest BCUT2D eigenvalue weighted by atomic mass is 10.0. The van der Waals surface area contributed by atoms with Gasteiger partial charge in [0.05, 0.1) is 0 Å². The van der Waals surface area contributed by atoms with E-state index < -0.39 is 0 Å². The van der Waals surface area contributed by atoms with E-state index in [4.69, 9.17) is 0 Å². The van der Waals surface area contributed by atoms with E-state index in [-0.39, 0.29) is 0 Å². The molecule has 0 fully saturated rings. The predicted octanol–water partition coefficient (Wildman–Crippen LogP) is 5.04. The second-order valence-corrected chi connectivity index (χ2v) is 5.26. The van der Waals surface area contributed by atoms with Crippen LogP contribution in [-0.2, 0) is 6.42 Å². The maximum atomic E-state index is 3.58. The molecule has 0 bridgehead atoms. The van der Waals surface area contributed by atoms with Crippen molar-refractivity contribution in [3.05, 3.63) is 64.7 Å². The Labute approximate surface area is 116 Å². The molecule has 1 unspecified atom stereocenters. The van der Waals surface area contributed by atoms with Crippen LogP contribution in [0.15, 0.2) is 42.5 Å². The van der Waals surface area contributed by atoms with Gasteiger partial charge in [-0.1, -0.05) is 37.3 Å². The number of rotatable bonds is 4. The highest BCUT2D eigenvalue weighted by molar-refractivity contribution is 5.48. The lowest BCUT2D eigenvalue weighted by Crippen LogP contribution is -2.07. The van der Waals surface area contributed by atoms with Crippen molar-refractivity contribution >= 4 is 5.69 Å². The second kappa shape index (κ2) is 5.92. The van der Waals surface area contributed by atoms with Crippen LogP contribution < -0.4 is 5.32 Å². The fourth-order valence-corrected chi connectivity index (χ4v) is 2.25. The van der Waals surface area contributed by atoms with E-state index in [2.05, 4.69) is 75.5 Å². The van der Waals surface area contributed by atoms with Crippen molar-refractivity contribution in [1.29, 1.82) is 0 Å². The van der Waals surface area contributed by atoms with Crippen LogP contribution in [0.2, 0.25) is 0 Å². The molecule has 0 radical (unpaired) electrons. The highest BCUT2D eigenvalue weighted by Crippen LogP contribution is 2.22.